The van der Waals surface area contributed by atoms with E-state index < -0.39 is 38.9 Å². The first-order chi connectivity index (χ1) is 10.7. The Balaban J connectivity index is 2.02. The number of sulfonamides is 1. The topological polar surface area (TPSA) is 83.9 Å². The predicted molar refractivity (Wildman–Crippen MR) is 79.6 cm³/mol. The summed E-state index contributed by atoms with van der Waals surface area (Å²) in [6.07, 6.45) is 0.364. The van der Waals surface area contributed by atoms with Gasteiger partial charge in [0.1, 0.15) is 5.82 Å². The van der Waals surface area contributed by atoms with Gasteiger partial charge in [-0.25, -0.2) is 17.1 Å². The molecule has 9 heteroatoms. The molecule has 0 aromatic heterocycles. The van der Waals surface area contributed by atoms with Gasteiger partial charge in [-0.3, -0.25) is 4.79 Å². The maximum atomic E-state index is 13.7. The van der Waals surface area contributed by atoms with Crippen LogP contribution in [0, 0.1) is 5.82 Å². The minimum absolute atomic E-state index is 0.0897. The van der Waals surface area contributed by atoms with Crippen molar-refractivity contribution in [3.8, 4) is 0 Å². The number of hydrogen-bond donors (Lipinski definition) is 1. The fourth-order valence-electron chi connectivity index (χ4n) is 2.63. The van der Waals surface area contributed by atoms with E-state index in [9.17, 15) is 22.7 Å². The molecule has 0 aliphatic carbocycles. The third-order valence-corrected chi connectivity index (χ3v) is 6.08. The third kappa shape index (κ3) is 2.36. The molecule has 1 fully saturated rings. The first-order valence-electron chi connectivity index (χ1n) is 6.80. The predicted octanol–water partition coefficient (Wildman–Crippen LogP) is 2.06. The van der Waals surface area contributed by atoms with E-state index in [-0.39, 0.29) is 22.9 Å². The number of benzene rings is 1. The van der Waals surface area contributed by atoms with Crippen molar-refractivity contribution in [2.45, 2.75) is 18.9 Å². The summed E-state index contributed by atoms with van der Waals surface area (Å²) < 4.78 is 43.9. The van der Waals surface area contributed by atoms with Gasteiger partial charge in [-0.05, 0) is 25.5 Å². The molecule has 124 valence electrons. The Morgan fingerprint density at radius 1 is 1.43 bits per heavy atom. The van der Waals surface area contributed by atoms with Crippen molar-refractivity contribution in [3.63, 3.8) is 0 Å². The maximum Gasteiger partial charge on any atom is 0.252 e. The normalized spacial score (nSPS) is 26.7. The summed E-state index contributed by atoms with van der Waals surface area (Å²) in [6.45, 7) is 1.45. The number of aliphatic hydroxyl groups is 1. The maximum absolute atomic E-state index is 13.7. The van der Waals surface area contributed by atoms with Crippen LogP contribution in [0.15, 0.2) is 29.8 Å². The van der Waals surface area contributed by atoms with Crippen molar-refractivity contribution in [3.05, 3.63) is 46.2 Å². The lowest BCUT2D eigenvalue weighted by molar-refractivity contribution is -0.132. The van der Waals surface area contributed by atoms with Crippen molar-refractivity contribution < 1.29 is 27.4 Å². The van der Waals surface area contributed by atoms with Crippen LogP contribution in [0.4, 0.5) is 4.39 Å². The van der Waals surface area contributed by atoms with Crippen LogP contribution < -0.4 is 0 Å². The number of nitrogens with zero attached hydrogens (tertiary/aromatic N) is 1. The molecule has 1 saturated heterocycles. The lowest BCUT2D eigenvalue weighted by Gasteiger charge is -2.26. The zero-order valence-corrected chi connectivity index (χ0v) is 13.6. The van der Waals surface area contributed by atoms with Crippen LogP contribution in [-0.4, -0.2) is 35.9 Å². The lowest BCUT2D eigenvalue weighted by atomic mass is 9.91. The Morgan fingerprint density at radius 2 is 2.13 bits per heavy atom. The highest BCUT2D eigenvalue weighted by Gasteiger charge is 2.51. The van der Waals surface area contributed by atoms with Gasteiger partial charge in [0.2, 0.25) is 15.8 Å². The summed E-state index contributed by atoms with van der Waals surface area (Å²) in [5.41, 5.74) is -1.59. The van der Waals surface area contributed by atoms with E-state index in [2.05, 4.69) is 0 Å². The first-order valence-corrected chi connectivity index (χ1v) is 8.78. The van der Waals surface area contributed by atoms with Gasteiger partial charge in [-0.2, -0.15) is 0 Å². The molecule has 1 atom stereocenters. The Bertz CT molecular complexity index is 838. The molecule has 6 nitrogen and oxygen atoms in total. The van der Waals surface area contributed by atoms with E-state index in [4.69, 9.17) is 16.3 Å². The number of halogens is 2. The SMILES string of the molecule is CC1(c2ccc(Cl)c(F)c2)OC(N2CCCS2(=O)=O)=C(O)C1=O. The summed E-state index contributed by atoms with van der Waals surface area (Å²) in [6, 6.07) is 3.67. The van der Waals surface area contributed by atoms with E-state index in [1.165, 1.54) is 19.1 Å². The Morgan fingerprint density at radius 3 is 2.70 bits per heavy atom. The summed E-state index contributed by atoms with van der Waals surface area (Å²) in [5.74, 6) is -2.87. The average Bonchev–Trinajstić information content (AvgIpc) is 2.94. The van der Waals surface area contributed by atoms with Gasteiger partial charge in [0.25, 0.3) is 11.7 Å². The van der Waals surface area contributed by atoms with Crippen molar-refractivity contribution in [2.75, 3.05) is 12.3 Å². The average molecular weight is 362 g/mol. The summed E-state index contributed by atoms with van der Waals surface area (Å²) in [4.78, 5) is 12.4. The van der Waals surface area contributed by atoms with Crippen LogP contribution >= 0.6 is 11.6 Å². The molecule has 0 amide bonds. The molecular formula is C14H13ClFNO5S. The van der Waals surface area contributed by atoms with E-state index in [1.54, 1.807) is 0 Å². The molecule has 0 saturated carbocycles. The van der Waals surface area contributed by atoms with Crippen molar-refractivity contribution in [1.82, 2.24) is 4.31 Å². The zero-order valence-electron chi connectivity index (χ0n) is 12.0. The van der Waals surface area contributed by atoms with Gasteiger partial charge >= 0.3 is 0 Å². The van der Waals surface area contributed by atoms with Crippen molar-refractivity contribution in [1.29, 1.82) is 0 Å². The quantitative estimate of drug-likeness (QED) is 0.871. The molecule has 23 heavy (non-hydrogen) atoms. The number of ketones is 1. The second kappa shape index (κ2) is 5.10. The number of carbonyl (C=O) groups is 1. The first kappa shape index (κ1) is 16.1. The minimum atomic E-state index is -3.63. The minimum Gasteiger partial charge on any atom is -0.501 e. The number of carbonyl (C=O) groups excluding carboxylic acids is 1. The van der Waals surface area contributed by atoms with Gasteiger partial charge in [0.05, 0.1) is 10.8 Å². The van der Waals surface area contributed by atoms with E-state index in [1.807, 2.05) is 0 Å². The van der Waals surface area contributed by atoms with Crippen LogP contribution in [-0.2, 0) is 25.2 Å². The highest BCUT2D eigenvalue weighted by atomic mass is 35.5. The molecule has 1 aromatic rings. The van der Waals surface area contributed by atoms with Crippen molar-refractivity contribution in [2.24, 2.45) is 0 Å². The molecule has 1 aromatic carbocycles. The fraction of sp³-hybridized carbons (Fsp3) is 0.357. The van der Waals surface area contributed by atoms with E-state index in [0.717, 1.165) is 10.4 Å². The number of Topliss-reactive ketones (excluding diaryl/α,β-unsaturated/α-hetero) is 1. The standard InChI is InChI=1S/C14H13ClFNO5S/c1-14(8-3-4-9(15)10(16)7-8)12(19)11(18)13(22-14)17-5-2-6-23(17,20)21/h3-4,7,18H,2,5-6H2,1H3. The highest BCUT2D eigenvalue weighted by molar-refractivity contribution is 7.89. The molecule has 0 bridgehead atoms. The molecule has 0 spiro atoms. The smallest absolute Gasteiger partial charge is 0.252 e. The Labute approximate surface area is 137 Å². The van der Waals surface area contributed by atoms with Gasteiger partial charge in [-0.15, -0.1) is 0 Å². The zero-order chi connectivity index (χ0) is 17.0. The summed E-state index contributed by atoms with van der Waals surface area (Å²) in [7, 11) is -3.63. The van der Waals surface area contributed by atoms with Crippen LogP contribution in [0.3, 0.4) is 0 Å². The number of hydrogen-bond acceptors (Lipinski definition) is 5. The number of aliphatic hydroxyl groups excluding tert-OH is 1. The van der Waals surface area contributed by atoms with E-state index in [0.29, 0.717) is 6.42 Å². The summed E-state index contributed by atoms with van der Waals surface area (Å²) in [5, 5.41) is 9.93. The number of rotatable bonds is 2. The van der Waals surface area contributed by atoms with Crippen molar-refractivity contribution >= 4 is 27.4 Å². The Hall–Kier alpha value is -1.80. The lowest BCUT2D eigenvalue weighted by Crippen LogP contribution is -2.32. The molecule has 2 aliphatic heterocycles. The van der Waals surface area contributed by atoms with Gasteiger partial charge in [0.15, 0.2) is 5.60 Å². The molecule has 2 aliphatic rings. The molecule has 1 unspecified atom stereocenters. The molecule has 1 N–H and O–H groups in total. The fourth-order valence-corrected chi connectivity index (χ4v) is 4.25. The highest BCUT2D eigenvalue weighted by Crippen LogP contribution is 2.41. The molecule has 2 heterocycles. The third-order valence-electron chi connectivity index (χ3n) is 3.95. The molecule has 3 rings (SSSR count). The van der Waals surface area contributed by atoms with Crippen LogP contribution in [0.1, 0.15) is 18.9 Å². The summed E-state index contributed by atoms with van der Waals surface area (Å²) >= 11 is 5.62. The molecular weight excluding hydrogens is 349 g/mol. The molecule has 0 radical (unpaired) electrons. The Kier molecular flexibility index (Phi) is 3.57. The van der Waals surface area contributed by atoms with Gasteiger partial charge in [-0.1, -0.05) is 17.7 Å². The van der Waals surface area contributed by atoms with Gasteiger partial charge < -0.3 is 9.84 Å². The van der Waals surface area contributed by atoms with Crippen LogP contribution in [0.25, 0.3) is 0 Å². The van der Waals surface area contributed by atoms with Crippen LogP contribution in [0.2, 0.25) is 5.02 Å². The van der Waals surface area contributed by atoms with Crippen LogP contribution in [0.5, 0.6) is 0 Å². The van der Waals surface area contributed by atoms with Gasteiger partial charge in [0, 0.05) is 12.1 Å². The largest absolute Gasteiger partial charge is 0.501 e. The second-order valence-corrected chi connectivity index (χ2v) is 7.91. The monoisotopic (exact) mass is 361 g/mol. The van der Waals surface area contributed by atoms with E-state index >= 15 is 0 Å². The number of ether oxygens (including phenoxy) is 1. The second-order valence-electron chi connectivity index (χ2n) is 5.49.